The predicted octanol–water partition coefficient (Wildman–Crippen LogP) is 1.74. The van der Waals surface area contributed by atoms with Crippen molar-refractivity contribution in [1.82, 2.24) is 14.3 Å². The molecule has 20 heavy (non-hydrogen) atoms. The minimum absolute atomic E-state index is 0.646. The van der Waals surface area contributed by atoms with Crippen LogP contribution < -0.4 is 10.6 Å². The molecule has 2 N–H and O–H groups in total. The number of aromatic nitrogens is 2. The van der Waals surface area contributed by atoms with E-state index in [4.69, 9.17) is 5.73 Å². The lowest BCUT2D eigenvalue weighted by atomic mass is 10.1. The molecule has 0 aliphatic carbocycles. The fraction of sp³-hybridized carbons (Fsp3) is 0.857. The summed E-state index contributed by atoms with van der Waals surface area (Å²) >= 11 is 1.55. The highest BCUT2D eigenvalue weighted by molar-refractivity contribution is 7.09. The number of hydrogen-bond donors (Lipinski definition) is 1. The first-order chi connectivity index (χ1) is 9.78. The summed E-state index contributed by atoms with van der Waals surface area (Å²) in [4.78, 5) is 9.60. The maximum atomic E-state index is 5.71. The zero-order chi connectivity index (χ0) is 14.4. The highest BCUT2D eigenvalue weighted by Crippen LogP contribution is 2.21. The Balaban J connectivity index is 1.86. The molecule has 0 saturated carbocycles. The van der Waals surface area contributed by atoms with Crippen LogP contribution in [0.3, 0.4) is 0 Å². The lowest BCUT2D eigenvalue weighted by Gasteiger charge is -2.38. The van der Waals surface area contributed by atoms with Crippen LogP contribution >= 0.6 is 11.5 Å². The highest BCUT2D eigenvalue weighted by Gasteiger charge is 2.23. The van der Waals surface area contributed by atoms with Crippen molar-refractivity contribution in [3.8, 4) is 0 Å². The summed E-state index contributed by atoms with van der Waals surface area (Å²) in [7, 11) is 0. The van der Waals surface area contributed by atoms with Crippen LogP contribution in [0, 0.1) is 0 Å². The second-order valence-corrected chi connectivity index (χ2v) is 6.14. The largest absolute Gasteiger partial charge is 0.344 e. The van der Waals surface area contributed by atoms with Crippen LogP contribution in [-0.2, 0) is 6.42 Å². The summed E-state index contributed by atoms with van der Waals surface area (Å²) < 4.78 is 4.44. The van der Waals surface area contributed by atoms with Crippen LogP contribution in [0.1, 0.15) is 38.9 Å². The van der Waals surface area contributed by atoms with Crippen LogP contribution in [0.4, 0.5) is 5.13 Å². The van der Waals surface area contributed by atoms with E-state index in [0.717, 1.165) is 62.9 Å². The van der Waals surface area contributed by atoms with Gasteiger partial charge in [0.1, 0.15) is 5.82 Å². The molecule has 5 nitrogen and oxygen atoms in total. The molecule has 0 spiro atoms. The van der Waals surface area contributed by atoms with Crippen LogP contribution in [-0.4, -0.2) is 53.0 Å². The molecule has 1 aliphatic rings. The summed E-state index contributed by atoms with van der Waals surface area (Å²) in [6.45, 7) is 9.55. The molecule has 0 aromatic carbocycles. The van der Waals surface area contributed by atoms with E-state index in [9.17, 15) is 0 Å². The lowest BCUT2D eigenvalue weighted by molar-refractivity contribution is 0.173. The van der Waals surface area contributed by atoms with E-state index >= 15 is 0 Å². The zero-order valence-electron chi connectivity index (χ0n) is 12.7. The molecule has 1 saturated heterocycles. The van der Waals surface area contributed by atoms with Crippen molar-refractivity contribution in [2.45, 2.75) is 45.6 Å². The molecule has 0 bridgehead atoms. The molecule has 0 radical (unpaired) electrons. The fourth-order valence-corrected chi connectivity index (χ4v) is 3.58. The number of piperazine rings is 1. The Morgan fingerprint density at radius 1 is 1.25 bits per heavy atom. The molecule has 1 aliphatic heterocycles. The van der Waals surface area contributed by atoms with Gasteiger partial charge in [-0.2, -0.15) is 4.37 Å². The Morgan fingerprint density at radius 2 is 2.00 bits per heavy atom. The number of aryl methyl sites for hydroxylation is 1. The van der Waals surface area contributed by atoms with E-state index < -0.39 is 0 Å². The van der Waals surface area contributed by atoms with E-state index in [2.05, 4.69) is 33.0 Å². The Morgan fingerprint density at radius 3 is 2.60 bits per heavy atom. The molecular weight excluding hydrogens is 270 g/mol. The van der Waals surface area contributed by atoms with Crippen molar-refractivity contribution in [1.29, 1.82) is 0 Å². The molecule has 1 aromatic heterocycles. The van der Waals surface area contributed by atoms with Gasteiger partial charge in [-0.05, 0) is 25.8 Å². The van der Waals surface area contributed by atoms with Gasteiger partial charge in [-0.3, -0.25) is 4.90 Å². The Kier molecular flexibility index (Phi) is 6.19. The van der Waals surface area contributed by atoms with Crippen molar-refractivity contribution in [2.24, 2.45) is 5.73 Å². The topological polar surface area (TPSA) is 58.3 Å². The summed E-state index contributed by atoms with van der Waals surface area (Å²) in [6.07, 6.45) is 4.40. The molecule has 1 fully saturated rings. The molecule has 1 aromatic rings. The van der Waals surface area contributed by atoms with Gasteiger partial charge in [-0.1, -0.05) is 13.8 Å². The molecule has 6 heteroatoms. The molecular formula is C14H27N5S. The number of anilines is 1. The second-order valence-electron chi connectivity index (χ2n) is 5.41. The quantitative estimate of drug-likeness (QED) is 0.831. The third kappa shape index (κ3) is 3.90. The zero-order valence-corrected chi connectivity index (χ0v) is 13.5. The number of hydrogen-bond acceptors (Lipinski definition) is 6. The molecule has 2 heterocycles. The molecule has 2 rings (SSSR count). The Hall–Kier alpha value is -0.720. The van der Waals surface area contributed by atoms with Gasteiger partial charge in [0.15, 0.2) is 0 Å². The molecule has 1 atom stereocenters. The number of nitrogens with two attached hydrogens (primary N) is 1. The number of rotatable bonds is 7. The minimum Gasteiger partial charge on any atom is -0.344 e. The Labute approximate surface area is 126 Å². The van der Waals surface area contributed by atoms with Gasteiger partial charge in [0, 0.05) is 50.2 Å². The van der Waals surface area contributed by atoms with Crippen LogP contribution in [0.15, 0.2) is 0 Å². The standard InChI is InChI=1S/C14H27N5S/c1-3-5-13-16-14(20-17-13)19-10-8-18(9-11-19)12(4-2)6-7-15/h12H,3-11,15H2,1-2H3. The summed E-state index contributed by atoms with van der Waals surface area (Å²) in [5.41, 5.74) is 5.71. The summed E-state index contributed by atoms with van der Waals surface area (Å²) in [6, 6.07) is 0.646. The maximum absolute atomic E-state index is 5.71. The van der Waals surface area contributed by atoms with Crippen LogP contribution in [0.2, 0.25) is 0 Å². The van der Waals surface area contributed by atoms with Crippen LogP contribution in [0.5, 0.6) is 0 Å². The molecule has 114 valence electrons. The summed E-state index contributed by atoms with van der Waals surface area (Å²) in [5.74, 6) is 1.00. The van der Waals surface area contributed by atoms with E-state index in [1.54, 1.807) is 11.5 Å². The average Bonchev–Trinajstić information content (AvgIpc) is 2.94. The smallest absolute Gasteiger partial charge is 0.205 e. The van der Waals surface area contributed by atoms with Gasteiger partial charge in [-0.25, -0.2) is 4.98 Å². The first-order valence-electron chi connectivity index (χ1n) is 7.80. The fourth-order valence-electron chi connectivity index (χ4n) is 2.81. The molecule has 0 amide bonds. The van der Waals surface area contributed by atoms with Gasteiger partial charge in [0.25, 0.3) is 0 Å². The number of nitrogens with zero attached hydrogens (tertiary/aromatic N) is 4. The van der Waals surface area contributed by atoms with E-state index in [1.807, 2.05) is 0 Å². The van der Waals surface area contributed by atoms with E-state index in [0.29, 0.717) is 6.04 Å². The highest BCUT2D eigenvalue weighted by atomic mass is 32.1. The lowest BCUT2D eigenvalue weighted by Crippen LogP contribution is -2.50. The van der Waals surface area contributed by atoms with E-state index in [1.165, 1.54) is 6.42 Å². The molecule has 1 unspecified atom stereocenters. The van der Waals surface area contributed by atoms with Gasteiger partial charge in [-0.15, -0.1) is 0 Å². The van der Waals surface area contributed by atoms with Gasteiger partial charge < -0.3 is 10.6 Å². The SMILES string of the molecule is CCCc1nsc(N2CCN(C(CC)CCN)CC2)n1. The first kappa shape index (κ1) is 15.7. The van der Waals surface area contributed by atoms with Crippen molar-refractivity contribution in [2.75, 3.05) is 37.6 Å². The van der Waals surface area contributed by atoms with E-state index in [-0.39, 0.29) is 0 Å². The normalized spacial score (nSPS) is 18.4. The monoisotopic (exact) mass is 297 g/mol. The van der Waals surface area contributed by atoms with Crippen molar-refractivity contribution in [3.05, 3.63) is 5.82 Å². The van der Waals surface area contributed by atoms with Crippen LogP contribution in [0.25, 0.3) is 0 Å². The maximum Gasteiger partial charge on any atom is 0.205 e. The predicted molar refractivity (Wildman–Crippen MR) is 85.4 cm³/mol. The second kappa shape index (κ2) is 7.90. The third-order valence-electron chi connectivity index (χ3n) is 4.00. The summed E-state index contributed by atoms with van der Waals surface area (Å²) in [5, 5.41) is 1.10. The minimum atomic E-state index is 0.646. The van der Waals surface area contributed by atoms with Crippen molar-refractivity contribution in [3.63, 3.8) is 0 Å². The van der Waals surface area contributed by atoms with Crippen molar-refractivity contribution >= 4 is 16.7 Å². The average molecular weight is 297 g/mol. The third-order valence-corrected chi connectivity index (χ3v) is 4.82. The van der Waals surface area contributed by atoms with Crippen molar-refractivity contribution < 1.29 is 0 Å². The first-order valence-corrected chi connectivity index (χ1v) is 8.57. The van der Waals surface area contributed by atoms with Gasteiger partial charge >= 0.3 is 0 Å². The Bertz CT molecular complexity index is 387. The van der Waals surface area contributed by atoms with Gasteiger partial charge in [0.2, 0.25) is 5.13 Å². The van der Waals surface area contributed by atoms with Gasteiger partial charge in [0.05, 0.1) is 0 Å².